The molecule has 1 fully saturated rings. The van der Waals surface area contributed by atoms with Gasteiger partial charge in [-0.15, -0.1) is 0 Å². The third-order valence-electron chi connectivity index (χ3n) is 21.2. The molecule has 1 saturated heterocycles. The van der Waals surface area contributed by atoms with E-state index in [-0.39, 0.29) is 107 Å². The van der Waals surface area contributed by atoms with Gasteiger partial charge in [0.1, 0.15) is 96.4 Å². The number of nitrogens with two attached hydrogens (primary N) is 4. The number of aromatic hydroxyl groups is 1. The molecule has 3 heterocycles. The molecule has 0 bridgehead atoms. The molecule has 0 aliphatic carbocycles. The summed E-state index contributed by atoms with van der Waals surface area (Å²) in [4.78, 5) is 240. The van der Waals surface area contributed by atoms with Crippen LogP contribution in [0.25, 0.3) is 0 Å². The van der Waals surface area contributed by atoms with Crippen LogP contribution in [0, 0.1) is 34.5 Å². The maximum absolute atomic E-state index is 15.0. The third-order valence-corrected chi connectivity index (χ3v) is 21.2. The number of guanidine groups is 2. The lowest BCUT2D eigenvalue weighted by Crippen LogP contribution is -2.63. The number of hydrogen-bond donors (Lipinski definition) is 28. The van der Waals surface area contributed by atoms with Gasteiger partial charge in [0.25, 0.3) is 0 Å². The Morgan fingerprint density at radius 1 is 0.492 bits per heavy atom. The molecule has 0 spiro atoms. The fraction of sp³-hybridized carbons (Fsp3) is 0.620. The van der Waals surface area contributed by atoms with Gasteiger partial charge in [0.2, 0.25) is 88.6 Å². The highest BCUT2D eigenvalue weighted by molar-refractivity contribution is 6.01. The van der Waals surface area contributed by atoms with E-state index in [1.165, 1.54) is 63.2 Å². The van der Waals surface area contributed by atoms with Gasteiger partial charge in [0.05, 0.1) is 49.8 Å². The van der Waals surface area contributed by atoms with Gasteiger partial charge in [-0.25, -0.2) is 14.8 Å². The Bertz CT molecular complexity index is 4160. The number of carboxylic acids is 1. The zero-order chi connectivity index (χ0) is 94.4. The number of benzene rings is 1. The highest BCUT2D eigenvalue weighted by Gasteiger charge is 2.43. The fourth-order valence-corrected chi connectivity index (χ4v) is 13.3. The number of primary amides is 1. The molecule has 700 valence electrons. The van der Waals surface area contributed by atoms with Crippen LogP contribution in [0.5, 0.6) is 5.75 Å². The second kappa shape index (κ2) is 52.8. The largest absolute Gasteiger partial charge is 0.508 e. The SMILES string of the molecule is CC[C@H](C)[C@H](NC(=O)[C@@H](NC(=O)[C@@H](NC(=O)[C@H](CC(C)C)NC(=O)[C@@H](NC(=O)[C@H](Cc1ccc(O)cc1)NC(=O)[C@H](C)NC(=O)[C@H](CCCNC(=N)N)NC(=O)[C@@H]1CCCN1C(=O)[C@H](CCCNC(=N)N)NC(=O)[C@H](CC(N)=O)NC(=O)[C@H](Cc1c[nH]cn1)NC(=O)[C@H](CO)NC(=O)[C@H](Cc1c[nH]cn1)NC(=O)[C@@H](N)CO)[C@@H](C)CC)[C@@H](C)CC)[C@@H](C)O)C(=O)O. The Morgan fingerprint density at radius 3 is 1.38 bits per heavy atom. The van der Waals surface area contributed by atoms with Crippen LogP contribution < -0.4 is 103 Å². The van der Waals surface area contributed by atoms with Gasteiger partial charge >= 0.3 is 5.97 Å². The molecule has 126 heavy (non-hydrogen) atoms. The number of aromatic nitrogens is 4. The van der Waals surface area contributed by atoms with Crippen LogP contribution in [-0.2, 0) is 96.0 Å². The van der Waals surface area contributed by atoms with Gasteiger partial charge in [-0.2, -0.15) is 0 Å². The summed E-state index contributed by atoms with van der Waals surface area (Å²) >= 11 is 0. The molecule has 47 heteroatoms. The van der Waals surface area contributed by atoms with Crippen LogP contribution in [0.4, 0.5) is 0 Å². The van der Waals surface area contributed by atoms with E-state index >= 15 is 4.79 Å². The second-order valence-corrected chi connectivity index (χ2v) is 31.7. The number of rotatable bonds is 55. The molecule has 0 radical (unpaired) electrons. The van der Waals surface area contributed by atoms with Crippen molar-refractivity contribution in [2.24, 2.45) is 46.6 Å². The number of carbonyl (C=O) groups is 16. The van der Waals surface area contributed by atoms with Gasteiger partial charge in [0.15, 0.2) is 11.9 Å². The molecule has 1 aliphatic heterocycles. The van der Waals surface area contributed by atoms with E-state index in [4.69, 9.17) is 33.8 Å². The fourth-order valence-electron chi connectivity index (χ4n) is 13.3. The molecule has 32 N–H and O–H groups in total. The van der Waals surface area contributed by atoms with Crippen molar-refractivity contribution in [3.63, 3.8) is 0 Å². The molecular weight excluding hydrogens is 1650 g/mol. The monoisotopic (exact) mass is 1780 g/mol. The minimum absolute atomic E-state index is 0.00600. The van der Waals surface area contributed by atoms with Crippen LogP contribution >= 0.6 is 0 Å². The van der Waals surface area contributed by atoms with Crippen LogP contribution in [0.3, 0.4) is 0 Å². The van der Waals surface area contributed by atoms with Crippen LogP contribution in [-0.4, -0.2) is 286 Å². The summed E-state index contributed by atoms with van der Waals surface area (Å²) in [6.07, 6.45) is 2.43. The topological polar surface area (TPSA) is 767 Å². The number of aliphatic hydroxyl groups is 3. The molecule has 4 rings (SSSR count). The number of carboxylic acid groups (broad SMARTS) is 1. The Labute approximate surface area is 728 Å². The summed E-state index contributed by atoms with van der Waals surface area (Å²) in [5.41, 5.74) is 23.2. The molecule has 47 nitrogen and oxygen atoms in total. The molecule has 15 amide bonds. The van der Waals surface area contributed by atoms with Crippen molar-refractivity contribution in [1.82, 2.24) is 105 Å². The summed E-state index contributed by atoms with van der Waals surface area (Å²) in [6, 6.07) is -17.7. The van der Waals surface area contributed by atoms with E-state index in [0.29, 0.717) is 18.4 Å². The number of hydrogen-bond acceptors (Lipinski definition) is 25. The van der Waals surface area contributed by atoms with Crippen molar-refractivity contribution in [2.75, 3.05) is 32.8 Å². The number of phenols is 1. The Balaban J connectivity index is 1.62. The zero-order valence-corrected chi connectivity index (χ0v) is 72.5. The standard InChI is InChI=1S/C79H128N26O21/c1-11-39(6)59(73(121)99-51(27-38(4)5)69(117)102-60(40(7)12-2)74(122)104-62(43(10)108)75(123)103-61(77(125)126)41(8)13-3)101-70(118)52(28-44-20-22-47(109)23-21-44)95-63(111)42(9)92-65(113)49(17-14-24-88-78(82)83)93-72(120)57-19-16-26-105(57)76(124)50(18-15-25-89-79(84)85)94-68(116)55(31-58(81)110)98-66(114)54(30-46-33-87-37-91-46)97-71(119)56(35-107)100-67(115)53(29-45-32-86-36-90-45)96-64(112)48(80)34-106/h20-23,32-33,36-43,48-57,59-62,106-109H,11-19,24-31,34-35,80H2,1-10H3,(H2,81,110)(H,86,90)(H,87,91)(H,92,113)(H,93,120)(H,94,116)(H,95,111)(H,96,112)(H,97,119)(H,98,114)(H,99,121)(H,100,115)(H,101,118)(H,102,117)(H,103,123)(H,104,122)(H,125,126)(H4,82,83,88)(H4,84,85,89)/t39-,40-,41-,42-,43+,48-,49-,50-,51-,52-,53-,54-,55-,56-,57-,59-,60-,61-,62-/m0/s1. The smallest absolute Gasteiger partial charge is 0.326 e. The Kier molecular flexibility index (Phi) is 44.3. The second-order valence-electron chi connectivity index (χ2n) is 31.7. The summed E-state index contributed by atoms with van der Waals surface area (Å²) in [7, 11) is 0. The van der Waals surface area contributed by atoms with Crippen molar-refractivity contribution in [2.45, 2.75) is 256 Å². The van der Waals surface area contributed by atoms with Gasteiger partial charge < -0.3 is 143 Å². The first kappa shape index (κ1) is 106. The lowest BCUT2D eigenvalue weighted by atomic mass is 9.94. The average Bonchev–Trinajstić information content (AvgIpc) is 1.64. The maximum atomic E-state index is 15.0. The van der Waals surface area contributed by atoms with Crippen LogP contribution in [0.15, 0.2) is 49.3 Å². The number of aromatic amines is 2. The molecular formula is C79H128N26O21. The molecule has 19 atom stereocenters. The number of aliphatic carboxylic acids is 1. The average molecular weight is 1780 g/mol. The zero-order valence-electron chi connectivity index (χ0n) is 72.5. The minimum Gasteiger partial charge on any atom is -0.508 e. The van der Waals surface area contributed by atoms with E-state index < -0.39 is 247 Å². The number of nitrogens with one attached hydrogen (secondary N) is 19. The number of carbonyl (C=O) groups excluding carboxylic acids is 15. The first-order chi connectivity index (χ1) is 59.5. The summed E-state index contributed by atoms with van der Waals surface area (Å²) in [6.45, 7) is 14.0. The van der Waals surface area contributed by atoms with Crippen molar-refractivity contribution < 1.29 is 102 Å². The lowest BCUT2D eigenvalue weighted by molar-refractivity contribution is -0.144. The number of nitrogens with zero attached hydrogens (tertiary/aromatic N) is 3. The van der Waals surface area contributed by atoms with E-state index in [2.05, 4.69) is 99.7 Å². The van der Waals surface area contributed by atoms with Crippen molar-refractivity contribution in [3.05, 3.63) is 66.3 Å². The first-order valence-electron chi connectivity index (χ1n) is 41.8. The number of aliphatic hydroxyl groups excluding tert-OH is 3. The summed E-state index contributed by atoms with van der Waals surface area (Å²) < 4.78 is 0. The normalized spacial score (nSPS) is 16.7. The van der Waals surface area contributed by atoms with Gasteiger partial charge in [-0.05, 0) is 100 Å². The number of likely N-dealkylation sites (tertiary alicyclic amines) is 1. The molecule has 0 saturated carbocycles. The maximum Gasteiger partial charge on any atom is 0.326 e. The van der Waals surface area contributed by atoms with Gasteiger partial charge in [-0.3, -0.25) is 82.7 Å². The van der Waals surface area contributed by atoms with Gasteiger partial charge in [-0.1, -0.05) is 86.8 Å². The lowest BCUT2D eigenvalue weighted by Gasteiger charge is -2.31. The molecule has 0 unspecified atom stereocenters. The highest BCUT2D eigenvalue weighted by atomic mass is 16.4. The predicted octanol–water partition coefficient (Wildman–Crippen LogP) is -7.46. The van der Waals surface area contributed by atoms with Crippen molar-refractivity contribution >= 4 is 106 Å². The number of phenolic OH excluding ortho intramolecular Hbond substituents is 1. The molecule has 1 aromatic carbocycles. The highest BCUT2D eigenvalue weighted by Crippen LogP contribution is 2.23. The number of imidazole rings is 2. The van der Waals surface area contributed by atoms with Crippen molar-refractivity contribution in [3.8, 4) is 5.75 Å². The number of amides is 15. The Morgan fingerprint density at radius 2 is 0.905 bits per heavy atom. The van der Waals surface area contributed by atoms with E-state index in [1.54, 1.807) is 55.4 Å². The molecule has 1 aliphatic rings. The summed E-state index contributed by atoms with van der Waals surface area (Å²) in [5.74, 6) is -19.5. The molecule has 3 aromatic rings. The van der Waals surface area contributed by atoms with E-state index in [0.717, 1.165) is 4.90 Å². The quantitative estimate of drug-likeness (QED) is 0.0142. The first-order valence-corrected chi connectivity index (χ1v) is 41.8. The number of H-pyrrole nitrogens is 2. The van der Waals surface area contributed by atoms with Crippen LogP contribution in [0.2, 0.25) is 0 Å². The van der Waals surface area contributed by atoms with Crippen LogP contribution in [0.1, 0.15) is 157 Å². The van der Waals surface area contributed by atoms with E-state index in [9.17, 15) is 97.5 Å². The third kappa shape index (κ3) is 34.8. The van der Waals surface area contributed by atoms with E-state index in [1.807, 2.05) is 0 Å². The predicted molar refractivity (Wildman–Crippen MR) is 453 cm³/mol. The summed E-state index contributed by atoms with van der Waals surface area (Å²) in [5, 5.41) is 104. The Hall–Kier alpha value is -12.7. The molecule has 2 aromatic heterocycles. The van der Waals surface area contributed by atoms with Crippen molar-refractivity contribution in [1.29, 1.82) is 10.8 Å². The van der Waals surface area contributed by atoms with Gasteiger partial charge in [0, 0.05) is 51.3 Å². The minimum atomic E-state index is -1.92.